The third kappa shape index (κ3) is 7.37. The Kier molecular flexibility index (Phi) is 10.7. The highest BCUT2D eigenvalue weighted by molar-refractivity contribution is 5.74. The SMILES string of the molecule is CNCC(CC1CCCC1)NC(=O)N1CCC[C@@H]([C@@](O)(CCCCOC)c2cccc(F)c2F)C1. The van der Waals surface area contributed by atoms with Crippen LogP contribution in [0.3, 0.4) is 0 Å². The number of ether oxygens (including phenoxy) is 1. The number of unbranched alkanes of at least 4 members (excludes halogenated alkanes) is 1. The van der Waals surface area contributed by atoms with E-state index >= 15 is 0 Å². The van der Waals surface area contributed by atoms with E-state index in [9.17, 15) is 18.7 Å². The van der Waals surface area contributed by atoms with Crippen molar-refractivity contribution in [2.24, 2.45) is 11.8 Å². The van der Waals surface area contributed by atoms with Crippen LogP contribution >= 0.6 is 0 Å². The van der Waals surface area contributed by atoms with Crippen molar-refractivity contribution in [2.75, 3.05) is 40.4 Å². The van der Waals surface area contributed by atoms with Crippen LogP contribution in [0.1, 0.15) is 69.8 Å². The molecule has 0 spiro atoms. The van der Waals surface area contributed by atoms with Crippen molar-refractivity contribution in [3.05, 3.63) is 35.4 Å². The van der Waals surface area contributed by atoms with Crippen molar-refractivity contribution in [3.8, 4) is 0 Å². The third-order valence-corrected chi connectivity index (χ3v) is 7.83. The number of amides is 2. The predicted octanol–water partition coefficient (Wildman–Crippen LogP) is 4.56. The first-order valence-electron chi connectivity index (χ1n) is 13.2. The number of carbonyl (C=O) groups is 1. The molecule has 0 bridgehead atoms. The molecule has 2 aliphatic rings. The van der Waals surface area contributed by atoms with Gasteiger partial charge in [0.05, 0.1) is 5.60 Å². The molecule has 3 N–H and O–H groups in total. The van der Waals surface area contributed by atoms with Crippen LogP contribution in [0, 0.1) is 23.5 Å². The Morgan fingerprint density at radius 3 is 2.71 bits per heavy atom. The number of aliphatic hydroxyl groups is 1. The summed E-state index contributed by atoms with van der Waals surface area (Å²) in [6.45, 7) is 2.13. The summed E-state index contributed by atoms with van der Waals surface area (Å²) in [6.07, 6.45) is 8.86. The number of benzene rings is 1. The molecule has 6 nitrogen and oxygen atoms in total. The first-order valence-corrected chi connectivity index (χ1v) is 13.2. The van der Waals surface area contributed by atoms with Gasteiger partial charge in [-0.05, 0) is 57.6 Å². The lowest BCUT2D eigenvalue weighted by Crippen LogP contribution is -2.54. The number of likely N-dealkylation sites (tertiary alicyclic amines) is 1. The van der Waals surface area contributed by atoms with Gasteiger partial charge in [0.1, 0.15) is 0 Å². The number of halogens is 2. The van der Waals surface area contributed by atoms with Crippen LogP contribution in [-0.4, -0.2) is 62.5 Å². The Bertz CT molecular complexity index is 806. The molecular formula is C27H43F2N3O3. The van der Waals surface area contributed by atoms with Crippen LogP contribution in [-0.2, 0) is 10.3 Å². The molecule has 1 saturated heterocycles. The Hall–Kier alpha value is -1.77. The van der Waals surface area contributed by atoms with Crippen LogP contribution < -0.4 is 10.6 Å². The van der Waals surface area contributed by atoms with Crippen molar-refractivity contribution in [1.29, 1.82) is 0 Å². The lowest BCUT2D eigenvalue weighted by atomic mass is 9.74. The van der Waals surface area contributed by atoms with E-state index in [1.54, 1.807) is 12.0 Å². The molecule has 0 aromatic heterocycles. The van der Waals surface area contributed by atoms with Crippen molar-refractivity contribution in [1.82, 2.24) is 15.5 Å². The van der Waals surface area contributed by atoms with Crippen LogP contribution in [0.5, 0.6) is 0 Å². The zero-order valence-corrected chi connectivity index (χ0v) is 21.3. The molecule has 1 aromatic carbocycles. The number of nitrogens with zero attached hydrogens (tertiary/aromatic N) is 1. The molecule has 1 saturated carbocycles. The Morgan fingerprint density at radius 1 is 1.23 bits per heavy atom. The molecule has 8 heteroatoms. The second-order valence-corrected chi connectivity index (χ2v) is 10.4. The zero-order valence-electron chi connectivity index (χ0n) is 21.3. The highest BCUT2D eigenvalue weighted by atomic mass is 19.2. The Balaban J connectivity index is 1.73. The lowest BCUT2D eigenvalue weighted by Gasteiger charge is -2.43. The second kappa shape index (κ2) is 13.5. The highest BCUT2D eigenvalue weighted by Gasteiger charge is 2.43. The molecule has 1 heterocycles. The minimum absolute atomic E-state index is 0.0172. The first kappa shape index (κ1) is 27.8. The molecule has 198 valence electrons. The number of hydrogen-bond acceptors (Lipinski definition) is 4. The zero-order chi connectivity index (χ0) is 25.3. The first-order chi connectivity index (χ1) is 16.9. The highest BCUT2D eigenvalue weighted by Crippen LogP contribution is 2.41. The van der Waals surface area contributed by atoms with Gasteiger partial charge in [-0.2, -0.15) is 0 Å². The van der Waals surface area contributed by atoms with Gasteiger partial charge >= 0.3 is 6.03 Å². The number of rotatable bonds is 12. The molecular weight excluding hydrogens is 452 g/mol. The van der Waals surface area contributed by atoms with Gasteiger partial charge < -0.3 is 25.4 Å². The van der Waals surface area contributed by atoms with Crippen LogP contribution in [0.25, 0.3) is 0 Å². The van der Waals surface area contributed by atoms with E-state index in [4.69, 9.17) is 4.74 Å². The number of nitrogens with one attached hydrogen (secondary N) is 2. The van der Waals surface area contributed by atoms with Crippen molar-refractivity contribution in [3.63, 3.8) is 0 Å². The predicted molar refractivity (Wildman–Crippen MR) is 133 cm³/mol. The summed E-state index contributed by atoms with van der Waals surface area (Å²) in [6, 6.07) is 3.88. The van der Waals surface area contributed by atoms with Crippen LogP contribution in [0.4, 0.5) is 13.6 Å². The van der Waals surface area contributed by atoms with E-state index in [1.807, 2.05) is 7.05 Å². The summed E-state index contributed by atoms with van der Waals surface area (Å²) in [5.41, 5.74) is -1.58. The van der Waals surface area contributed by atoms with E-state index < -0.39 is 23.2 Å². The lowest BCUT2D eigenvalue weighted by molar-refractivity contribution is -0.0591. The molecule has 1 aliphatic carbocycles. The number of hydrogen-bond donors (Lipinski definition) is 3. The molecule has 35 heavy (non-hydrogen) atoms. The van der Waals surface area contributed by atoms with E-state index in [0.29, 0.717) is 57.8 Å². The minimum Gasteiger partial charge on any atom is -0.385 e. The smallest absolute Gasteiger partial charge is 0.317 e. The van der Waals surface area contributed by atoms with Gasteiger partial charge in [-0.25, -0.2) is 13.6 Å². The fraction of sp³-hybridized carbons (Fsp3) is 0.741. The average Bonchev–Trinajstić information content (AvgIpc) is 3.36. The summed E-state index contributed by atoms with van der Waals surface area (Å²) in [5.74, 6) is -1.71. The van der Waals surface area contributed by atoms with Crippen molar-refractivity contribution >= 4 is 6.03 Å². The van der Waals surface area contributed by atoms with E-state index in [0.717, 1.165) is 12.5 Å². The molecule has 2 amide bonds. The number of likely N-dealkylation sites (N-methyl/N-ethyl adjacent to an activating group) is 1. The monoisotopic (exact) mass is 495 g/mol. The van der Waals surface area contributed by atoms with E-state index in [2.05, 4.69) is 10.6 Å². The van der Waals surface area contributed by atoms with Crippen molar-refractivity contribution in [2.45, 2.75) is 75.9 Å². The fourth-order valence-electron chi connectivity index (χ4n) is 5.94. The second-order valence-electron chi connectivity index (χ2n) is 10.4. The summed E-state index contributed by atoms with van der Waals surface area (Å²) < 4.78 is 34.1. The Labute approximate surface area is 208 Å². The molecule has 2 fully saturated rings. The standard InChI is InChI=1S/C27H43F2N3O3/c1-30-18-22(17-20-9-3-4-10-20)31-26(33)32-15-8-11-21(19-32)27(34,14-5-6-16-35-2)23-12-7-13-24(28)25(23)29/h7,12-13,20-22,30,34H,3-6,8-11,14-19H2,1-2H3,(H,31,33)/t21-,22?,27+/m1/s1. The fourth-order valence-corrected chi connectivity index (χ4v) is 5.94. The van der Waals surface area contributed by atoms with Gasteiger partial charge in [0, 0.05) is 50.9 Å². The van der Waals surface area contributed by atoms with Gasteiger partial charge in [0.15, 0.2) is 11.6 Å². The van der Waals surface area contributed by atoms with Gasteiger partial charge in [0.25, 0.3) is 0 Å². The average molecular weight is 496 g/mol. The quantitative estimate of drug-likeness (QED) is 0.372. The number of carbonyl (C=O) groups excluding carboxylic acids is 1. The molecule has 1 aliphatic heterocycles. The van der Waals surface area contributed by atoms with Crippen LogP contribution in [0.2, 0.25) is 0 Å². The largest absolute Gasteiger partial charge is 0.385 e. The van der Waals surface area contributed by atoms with E-state index in [-0.39, 0.29) is 24.1 Å². The van der Waals surface area contributed by atoms with Gasteiger partial charge in [-0.3, -0.25) is 0 Å². The van der Waals surface area contributed by atoms with Crippen LogP contribution in [0.15, 0.2) is 18.2 Å². The van der Waals surface area contributed by atoms with Gasteiger partial charge in [0.2, 0.25) is 0 Å². The van der Waals surface area contributed by atoms with E-state index in [1.165, 1.54) is 37.8 Å². The molecule has 3 rings (SSSR count). The summed E-state index contributed by atoms with van der Waals surface area (Å²) in [5, 5.41) is 18.2. The topological polar surface area (TPSA) is 73.8 Å². The van der Waals surface area contributed by atoms with Gasteiger partial charge in [-0.1, -0.05) is 37.8 Å². The molecule has 3 atom stereocenters. The molecule has 0 radical (unpaired) electrons. The number of urea groups is 1. The Morgan fingerprint density at radius 2 is 2.00 bits per heavy atom. The summed E-state index contributed by atoms with van der Waals surface area (Å²) in [7, 11) is 3.51. The van der Waals surface area contributed by atoms with Crippen molar-refractivity contribution < 1.29 is 23.4 Å². The maximum absolute atomic E-state index is 14.9. The number of methoxy groups -OCH3 is 1. The maximum atomic E-state index is 14.9. The number of piperidine rings is 1. The summed E-state index contributed by atoms with van der Waals surface area (Å²) >= 11 is 0. The minimum atomic E-state index is -1.56. The summed E-state index contributed by atoms with van der Waals surface area (Å²) in [4.78, 5) is 15.0. The molecule has 1 unspecified atom stereocenters. The normalized spacial score (nSPS) is 21.6. The maximum Gasteiger partial charge on any atom is 0.317 e. The van der Waals surface area contributed by atoms with Gasteiger partial charge in [-0.15, -0.1) is 0 Å². The third-order valence-electron chi connectivity index (χ3n) is 7.83. The molecule has 1 aromatic rings.